The second kappa shape index (κ2) is 3.98. The van der Waals surface area contributed by atoms with Crippen molar-refractivity contribution in [3.8, 4) is 0 Å². The molecule has 2 nitrogen and oxygen atoms in total. The minimum Gasteiger partial charge on any atom is -0.378 e. The largest absolute Gasteiger partial charge is 0.378 e. The van der Waals surface area contributed by atoms with E-state index in [0.717, 1.165) is 6.07 Å². The average molecular weight is 273 g/mol. The van der Waals surface area contributed by atoms with Gasteiger partial charge in [0.2, 0.25) is 0 Å². The van der Waals surface area contributed by atoms with Crippen LogP contribution in [0.4, 0.5) is 5.00 Å². The second-order valence-electron chi connectivity index (χ2n) is 2.13. The first kappa shape index (κ1) is 2.97. The van der Waals surface area contributed by atoms with E-state index in [9.17, 15) is 0 Å². The van der Waals surface area contributed by atoms with Crippen LogP contribution in [0.15, 0.2) is 10.5 Å². The molecule has 0 N–H and O–H groups in total. The molecule has 2 heterocycles. The molecule has 2 rings (SSSR count). The van der Waals surface area contributed by atoms with E-state index < -0.39 is 33.0 Å². The van der Waals surface area contributed by atoms with Crippen molar-refractivity contribution in [2.45, 2.75) is 6.85 Å². The van der Waals surface area contributed by atoms with Gasteiger partial charge in [-0.05, 0) is 28.8 Å². The monoisotopic (exact) mass is 272 g/mol. The Bertz CT molecular complexity index is 628. The summed E-state index contributed by atoms with van der Waals surface area (Å²) in [6.45, 7) is -15.1. The van der Waals surface area contributed by atoms with Gasteiger partial charge in [-0.25, -0.2) is 0 Å². The van der Waals surface area contributed by atoms with Gasteiger partial charge in [-0.15, -0.1) is 11.3 Å². The zero-order valence-corrected chi connectivity index (χ0v) is 8.62. The van der Waals surface area contributed by atoms with Gasteiger partial charge in [-0.1, -0.05) is 0 Å². The standard InChI is InChI=1S/C9H12BrNOS/c1-7-8(10)6-9(13-7)11-2-4-12-5-3-11/h6H,2-5H2,1H3/i1D3,2D2,3D2,4D2,5D2. The summed E-state index contributed by atoms with van der Waals surface area (Å²) in [7, 11) is 0. The molecule has 13 heavy (non-hydrogen) atoms. The van der Waals surface area contributed by atoms with Gasteiger partial charge in [0.1, 0.15) is 0 Å². The van der Waals surface area contributed by atoms with Gasteiger partial charge in [0.15, 0.2) is 0 Å². The van der Waals surface area contributed by atoms with E-state index in [1.54, 1.807) is 0 Å². The molecule has 1 aromatic rings. The molecule has 0 spiro atoms. The molecule has 1 fully saturated rings. The van der Waals surface area contributed by atoms with E-state index in [2.05, 4.69) is 20.7 Å². The SMILES string of the molecule is [2H]C([2H])([2H])c1sc(N2C([2H])([2H])C([2H])([2H])OC([2H])([2H])C2([2H])[2H])cc1Br. The maximum Gasteiger partial charge on any atom is 0.0924 e. The number of hydrogen-bond acceptors (Lipinski definition) is 3. The highest BCUT2D eigenvalue weighted by Gasteiger charge is 2.13. The molecule has 1 aliphatic rings. The number of thiophene rings is 1. The molecular formula is C9H12BrNOS. The van der Waals surface area contributed by atoms with Gasteiger partial charge in [-0.2, -0.15) is 0 Å². The number of ether oxygens (including phenoxy) is 1. The fourth-order valence-electron chi connectivity index (χ4n) is 0.768. The van der Waals surface area contributed by atoms with Crippen LogP contribution in [0.5, 0.6) is 0 Å². The molecule has 0 atom stereocenters. The molecule has 0 radical (unpaired) electrons. The Morgan fingerprint density at radius 1 is 1.69 bits per heavy atom. The third kappa shape index (κ3) is 2.06. The van der Waals surface area contributed by atoms with E-state index >= 15 is 0 Å². The van der Waals surface area contributed by atoms with Crippen molar-refractivity contribution < 1.29 is 19.8 Å². The Labute approximate surface area is 106 Å². The van der Waals surface area contributed by atoms with Crippen LogP contribution in [-0.4, -0.2) is 26.1 Å². The van der Waals surface area contributed by atoms with Crippen LogP contribution in [0.1, 0.15) is 20.0 Å². The predicted molar refractivity (Wildman–Crippen MR) is 59.8 cm³/mol. The minimum absolute atomic E-state index is 0.0710. The highest BCUT2D eigenvalue weighted by Crippen LogP contribution is 2.33. The Hall–Kier alpha value is -0.0600. The lowest BCUT2D eigenvalue weighted by Crippen LogP contribution is -2.35. The number of aryl methyl sites for hydroxylation is 1. The number of morpholine rings is 1. The van der Waals surface area contributed by atoms with Crippen molar-refractivity contribution in [3.05, 3.63) is 15.4 Å². The zero-order chi connectivity index (χ0) is 18.9. The van der Waals surface area contributed by atoms with Crippen LogP contribution in [-0.2, 0) is 4.74 Å². The third-order valence-electron chi connectivity index (χ3n) is 1.31. The summed E-state index contributed by atoms with van der Waals surface area (Å²) in [5.74, 6) is 0. The molecule has 72 valence electrons. The van der Waals surface area contributed by atoms with Crippen molar-refractivity contribution in [1.82, 2.24) is 0 Å². The minimum atomic E-state index is -3.18. The fourth-order valence-corrected chi connectivity index (χ4v) is 2.10. The van der Waals surface area contributed by atoms with E-state index in [0.29, 0.717) is 11.3 Å². The molecule has 0 saturated carbocycles. The van der Waals surface area contributed by atoms with E-state index in [1.807, 2.05) is 0 Å². The summed E-state index contributed by atoms with van der Waals surface area (Å²) in [6.07, 6.45) is 0. The third-order valence-corrected chi connectivity index (χ3v) is 3.13. The molecule has 0 aromatic carbocycles. The van der Waals surface area contributed by atoms with Crippen LogP contribution in [0.2, 0.25) is 0 Å². The first-order valence-corrected chi connectivity index (χ1v) is 4.86. The van der Waals surface area contributed by atoms with Crippen molar-refractivity contribution in [1.29, 1.82) is 0 Å². The number of hydrogen-bond donors (Lipinski definition) is 0. The van der Waals surface area contributed by atoms with Gasteiger partial charge in [0.25, 0.3) is 0 Å². The Balaban J connectivity index is 2.69. The molecular weight excluding hydrogens is 250 g/mol. The predicted octanol–water partition coefficient (Wildman–Crippen LogP) is 2.66. The number of anilines is 1. The van der Waals surface area contributed by atoms with E-state index in [4.69, 9.17) is 15.1 Å². The van der Waals surface area contributed by atoms with Crippen molar-refractivity contribution in [2.24, 2.45) is 0 Å². The molecule has 0 unspecified atom stereocenters. The summed E-state index contributed by atoms with van der Waals surface area (Å²) < 4.78 is 89.0. The summed E-state index contributed by atoms with van der Waals surface area (Å²) >= 11 is 3.54. The quantitative estimate of drug-likeness (QED) is 0.780. The lowest BCUT2D eigenvalue weighted by molar-refractivity contribution is 0.123. The van der Waals surface area contributed by atoms with Crippen molar-refractivity contribution in [2.75, 3.05) is 31.0 Å². The first-order chi connectivity index (χ1) is 10.5. The second-order valence-corrected chi connectivity index (χ2v) is 4.01. The van der Waals surface area contributed by atoms with Gasteiger partial charge in [0, 0.05) is 26.5 Å². The van der Waals surface area contributed by atoms with Gasteiger partial charge >= 0.3 is 0 Å². The average Bonchev–Trinajstić information content (AvgIpc) is 2.66. The van der Waals surface area contributed by atoms with E-state index in [-0.39, 0.29) is 19.3 Å². The number of nitrogens with zero attached hydrogens (tertiary/aromatic N) is 1. The molecule has 1 aliphatic heterocycles. The maximum atomic E-state index is 7.93. The van der Waals surface area contributed by atoms with Gasteiger partial charge in [0.05, 0.1) is 29.1 Å². The summed E-state index contributed by atoms with van der Waals surface area (Å²) in [5.41, 5.74) is 0. The van der Waals surface area contributed by atoms with Gasteiger partial charge in [-0.3, -0.25) is 0 Å². The topological polar surface area (TPSA) is 12.5 Å². The highest BCUT2D eigenvalue weighted by atomic mass is 79.9. The molecule has 0 amide bonds. The smallest absolute Gasteiger partial charge is 0.0924 e. The molecule has 4 heteroatoms. The Kier molecular flexibility index (Phi) is 0.909. The first-order valence-electron chi connectivity index (χ1n) is 8.75. The molecule has 0 aliphatic carbocycles. The maximum absolute atomic E-state index is 7.93. The van der Waals surface area contributed by atoms with Crippen LogP contribution in [0.25, 0.3) is 0 Å². The Morgan fingerprint density at radius 3 is 3.08 bits per heavy atom. The number of rotatable bonds is 1. The van der Waals surface area contributed by atoms with Crippen molar-refractivity contribution >= 4 is 32.3 Å². The van der Waals surface area contributed by atoms with E-state index in [1.165, 1.54) is 0 Å². The zero-order valence-electron chi connectivity index (χ0n) is 17.2. The van der Waals surface area contributed by atoms with Crippen LogP contribution >= 0.6 is 27.3 Å². The van der Waals surface area contributed by atoms with Crippen LogP contribution in [0.3, 0.4) is 0 Å². The lowest BCUT2D eigenvalue weighted by Gasteiger charge is -2.27. The molecule has 1 saturated heterocycles. The van der Waals surface area contributed by atoms with Crippen LogP contribution in [0, 0.1) is 6.85 Å². The van der Waals surface area contributed by atoms with Crippen LogP contribution < -0.4 is 4.90 Å². The normalized spacial score (nSPS) is 46.8. The summed E-state index contributed by atoms with van der Waals surface area (Å²) in [4.78, 5) is 0.0745. The Morgan fingerprint density at radius 2 is 2.46 bits per heavy atom. The molecule has 1 aromatic heterocycles. The fraction of sp³-hybridized carbons (Fsp3) is 0.556. The summed E-state index contributed by atoms with van der Waals surface area (Å²) in [6, 6.07) is 1.12. The highest BCUT2D eigenvalue weighted by molar-refractivity contribution is 9.10. The van der Waals surface area contributed by atoms with Crippen molar-refractivity contribution in [3.63, 3.8) is 0 Å². The van der Waals surface area contributed by atoms with Gasteiger partial charge < -0.3 is 9.64 Å². The summed E-state index contributed by atoms with van der Waals surface area (Å²) in [5, 5.41) is -0.279. The lowest BCUT2D eigenvalue weighted by atomic mass is 10.4. The number of halogens is 1. The molecule has 0 bridgehead atoms.